The molecule has 0 bridgehead atoms. The SMILES string of the molecule is Cc1oc(C2=NOC(c3cc(Cl)c(Cl)c(Cl)c3)(C(F)(F)F)C2)cc1C(=O)NCC(=O)N1CCCC1. The number of nitrogens with one attached hydrogen (secondary N) is 1. The van der Waals surface area contributed by atoms with E-state index in [1.165, 1.54) is 13.0 Å². The van der Waals surface area contributed by atoms with Crippen LogP contribution in [-0.2, 0) is 15.2 Å². The minimum absolute atomic E-state index is 0.0685. The third kappa shape index (κ3) is 4.83. The molecule has 0 aliphatic carbocycles. The zero-order valence-corrected chi connectivity index (χ0v) is 20.5. The number of carbonyl (C=O) groups is 2. The average molecular weight is 553 g/mol. The molecule has 35 heavy (non-hydrogen) atoms. The maximum absolute atomic E-state index is 14.2. The maximum Gasteiger partial charge on any atom is 0.435 e. The number of furan rings is 1. The molecule has 2 aliphatic heterocycles. The molecule has 0 radical (unpaired) electrons. The van der Waals surface area contributed by atoms with Crippen molar-refractivity contribution >= 4 is 52.3 Å². The molecule has 2 amide bonds. The fourth-order valence-electron chi connectivity index (χ4n) is 4.00. The summed E-state index contributed by atoms with van der Waals surface area (Å²) in [5.74, 6) is -0.726. The van der Waals surface area contributed by atoms with Gasteiger partial charge in [-0.3, -0.25) is 9.59 Å². The van der Waals surface area contributed by atoms with E-state index in [-0.39, 0.29) is 55.9 Å². The van der Waals surface area contributed by atoms with Gasteiger partial charge in [0.1, 0.15) is 11.5 Å². The molecule has 1 aromatic heterocycles. The van der Waals surface area contributed by atoms with E-state index in [4.69, 9.17) is 44.1 Å². The van der Waals surface area contributed by atoms with Gasteiger partial charge in [-0.15, -0.1) is 0 Å². The Morgan fingerprint density at radius 2 is 1.77 bits per heavy atom. The molecule has 188 valence electrons. The fraction of sp³-hybridized carbons (Fsp3) is 0.409. The standard InChI is InChI=1S/C22H19Cl3F3N3O4/c1-11-13(20(33)29-10-18(32)31-4-2-3-5-31)8-17(34-11)16-9-21(35-30-16,22(26,27)28)12-6-14(23)19(25)15(24)7-12/h6-8H,2-5,9-10H2,1H3,(H,29,33). The third-order valence-corrected chi connectivity index (χ3v) is 7.14. The summed E-state index contributed by atoms with van der Waals surface area (Å²) in [6.07, 6.45) is -3.83. The van der Waals surface area contributed by atoms with Crippen LogP contribution >= 0.6 is 34.8 Å². The van der Waals surface area contributed by atoms with Gasteiger partial charge in [0, 0.05) is 18.7 Å². The molecular weight excluding hydrogens is 534 g/mol. The molecule has 13 heteroatoms. The highest BCUT2D eigenvalue weighted by Crippen LogP contribution is 2.50. The van der Waals surface area contributed by atoms with E-state index in [9.17, 15) is 22.8 Å². The van der Waals surface area contributed by atoms with Crippen molar-refractivity contribution in [1.82, 2.24) is 10.2 Å². The lowest BCUT2D eigenvalue weighted by Gasteiger charge is -2.29. The lowest BCUT2D eigenvalue weighted by molar-refractivity contribution is -0.275. The van der Waals surface area contributed by atoms with E-state index in [0.29, 0.717) is 13.1 Å². The molecule has 7 nitrogen and oxygen atoms in total. The van der Waals surface area contributed by atoms with E-state index in [2.05, 4.69) is 10.5 Å². The highest BCUT2D eigenvalue weighted by molar-refractivity contribution is 6.48. The molecular formula is C22H19Cl3F3N3O4. The molecule has 1 fully saturated rings. The first-order chi connectivity index (χ1) is 16.4. The summed E-state index contributed by atoms with van der Waals surface area (Å²) in [6, 6.07) is 3.30. The summed E-state index contributed by atoms with van der Waals surface area (Å²) in [7, 11) is 0. The Hall–Kier alpha value is -2.43. The maximum atomic E-state index is 14.2. The number of nitrogens with zero attached hydrogens (tertiary/aromatic N) is 2. The molecule has 1 atom stereocenters. The van der Waals surface area contributed by atoms with Crippen molar-refractivity contribution in [3.63, 3.8) is 0 Å². The molecule has 1 unspecified atom stereocenters. The molecule has 2 aromatic rings. The van der Waals surface area contributed by atoms with Gasteiger partial charge in [0.05, 0.1) is 33.6 Å². The number of halogens is 6. The molecule has 3 heterocycles. The lowest BCUT2D eigenvalue weighted by atomic mass is 9.87. The van der Waals surface area contributed by atoms with Gasteiger partial charge in [-0.05, 0) is 38.0 Å². The second kappa shape index (κ2) is 9.55. The van der Waals surface area contributed by atoms with E-state index in [1.54, 1.807) is 4.90 Å². The van der Waals surface area contributed by atoms with E-state index in [0.717, 1.165) is 25.0 Å². The predicted octanol–water partition coefficient (Wildman–Crippen LogP) is 5.48. The Labute approximate surface area is 213 Å². The Kier molecular flexibility index (Phi) is 7.00. The first-order valence-electron chi connectivity index (χ1n) is 10.6. The van der Waals surface area contributed by atoms with Gasteiger partial charge in [-0.25, -0.2) is 0 Å². The Balaban J connectivity index is 1.54. The minimum Gasteiger partial charge on any atom is -0.459 e. The number of rotatable bonds is 5. The summed E-state index contributed by atoms with van der Waals surface area (Å²) < 4.78 is 48.2. The van der Waals surface area contributed by atoms with Crippen molar-refractivity contribution < 1.29 is 32.0 Å². The number of likely N-dealkylation sites (tertiary alicyclic amines) is 1. The van der Waals surface area contributed by atoms with Crippen LogP contribution in [0.2, 0.25) is 15.1 Å². The van der Waals surface area contributed by atoms with Gasteiger partial charge in [0.2, 0.25) is 5.91 Å². The van der Waals surface area contributed by atoms with Crippen molar-refractivity contribution in [2.24, 2.45) is 5.16 Å². The van der Waals surface area contributed by atoms with E-state index in [1.807, 2.05) is 0 Å². The van der Waals surface area contributed by atoms with Gasteiger partial charge < -0.3 is 19.5 Å². The Morgan fingerprint density at radius 3 is 2.37 bits per heavy atom. The number of amides is 2. The minimum atomic E-state index is -4.91. The summed E-state index contributed by atoms with van der Waals surface area (Å²) >= 11 is 17.8. The zero-order valence-electron chi connectivity index (χ0n) is 18.3. The van der Waals surface area contributed by atoms with Crippen molar-refractivity contribution in [2.45, 2.75) is 38.0 Å². The van der Waals surface area contributed by atoms with Crippen LogP contribution in [0.5, 0.6) is 0 Å². The van der Waals surface area contributed by atoms with Crippen molar-refractivity contribution in [2.75, 3.05) is 19.6 Å². The summed E-state index contributed by atoms with van der Waals surface area (Å²) in [6.45, 7) is 2.58. The number of benzene rings is 1. The van der Waals surface area contributed by atoms with Crippen LogP contribution < -0.4 is 5.32 Å². The molecule has 0 spiro atoms. The van der Waals surface area contributed by atoms with Crippen LogP contribution in [0.1, 0.15) is 46.7 Å². The number of oxime groups is 1. The lowest BCUT2D eigenvalue weighted by Crippen LogP contribution is -2.42. The molecule has 1 N–H and O–H groups in total. The van der Waals surface area contributed by atoms with Crippen LogP contribution in [0.15, 0.2) is 27.8 Å². The van der Waals surface area contributed by atoms with E-state index >= 15 is 0 Å². The number of carbonyl (C=O) groups excluding carboxylic acids is 2. The van der Waals surface area contributed by atoms with Gasteiger partial charge in [-0.1, -0.05) is 40.0 Å². The topological polar surface area (TPSA) is 84.1 Å². The number of alkyl halides is 3. The van der Waals surface area contributed by atoms with Gasteiger partial charge >= 0.3 is 6.18 Å². The first-order valence-corrected chi connectivity index (χ1v) is 11.7. The normalized spacial score (nSPS) is 20.1. The zero-order chi connectivity index (χ0) is 25.5. The highest BCUT2D eigenvalue weighted by Gasteiger charge is 2.63. The largest absolute Gasteiger partial charge is 0.459 e. The van der Waals surface area contributed by atoms with Gasteiger partial charge in [0.25, 0.3) is 11.5 Å². The molecule has 0 saturated carbocycles. The summed E-state index contributed by atoms with van der Waals surface area (Å²) in [5.41, 5.74) is -3.37. The highest BCUT2D eigenvalue weighted by atomic mass is 35.5. The molecule has 2 aliphatic rings. The number of aryl methyl sites for hydroxylation is 1. The number of hydrogen-bond donors (Lipinski definition) is 1. The molecule has 1 aromatic carbocycles. The Morgan fingerprint density at radius 1 is 1.14 bits per heavy atom. The van der Waals surface area contributed by atoms with Crippen LogP contribution in [0.4, 0.5) is 13.2 Å². The third-order valence-electron chi connectivity index (χ3n) is 5.94. The van der Waals surface area contributed by atoms with Crippen molar-refractivity contribution in [1.29, 1.82) is 0 Å². The quantitative estimate of drug-likeness (QED) is 0.498. The van der Waals surface area contributed by atoms with Crippen LogP contribution in [0.25, 0.3) is 0 Å². The van der Waals surface area contributed by atoms with Crippen LogP contribution in [-0.4, -0.2) is 48.2 Å². The number of hydrogen-bond acceptors (Lipinski definition) is 5. The first kappa shape index (κ1) is 25.7. The fourth-order valence-corrected chi connectivity index (χ4v) is 4.60. The van der Waals surface area contributed by atoms with Crippen molar-refractivity contribution in [3.05, 3.63) is 55.9 Å². The van der Waals surface area contributed by atoms with E-state index < -0.39 is 24.1 Å². The predicted molar refractivity (Wildman–Crippen MR) is 123 cm³/mol. The van der Waals surface area contributed by atoms with Crippen LogP contribution in [0.3, 0.4) is 0 Å². The van der Waals surface area contributed by atoms with Gasteiger partial charge in [0.15, 0.2) is 5.76 Å². The smallest absolute Gasteiger partial charge is 0.435 e. The van der Waals surface area contributed by atoms with Gasteiger partial charge in [-0.2, -0.15) is 13.2 Å². The average Bonchev–Trinajstić information content (AvgIpc) is 3.54. The monoisotopic (exact) mass is 551 g/mol. The Bertz CT molecular complexity index is 1190. The van der Waals surface area contributed by atoms with Crippen molar-refractivity contribution in [3.8, 4) is 0 Å². The van der Waals surface area contributed by atoms with Crippen LogP contribution in [0, 0.1) is 6.92 Å². The molecule has 1 saturated heterocycles. The molecule has 4 rings (SSSR count). The second-order valence-electron chi connectivity index (χ2n) is 8.24. The second-order valence-corrected chi connectivity index (χ2v) is 9.43. The summed E-state index contributed by atoms with van der Waals surface area (Å²) in [4.78, 5) is 31.4. The summed E-state index contributed by atoms with van der Waals surface area (Å²) in [5, 5.41) is 5.70.